The van der Waals surface area contributed by atoms with Gasteiger partial charge in [-0.05, 0) is 47.0 Å². The van der Waals surface area contributed by atoms with Crippen molar-refractivity contribution in [2.24, 2.45) is 5.41 Å². The summed E-state index contributed by atoms with van der Waals surface area (Å²) in [4.78, 5) is 23.5. The molecule has 0 atom stereocenters. The van der Waals surface area contributed by atoms with Crippen molar-refractivity contribution in [2.45, 2.75) is 78.8 Å². The summed E-state index contributed by atoms with van der Waals surface area (Å²) in [6, 6.07) is -0.310. The number of carboxylic acid groups (broad SMARTS) is 1. The lowest BCUT2D eigenvalue weighted by molar-refractivity contribution is -0.150. The number of rotatable bonds is 7. The molecule has 20 heavy (non-hydrogen) atoms. The normalized spacial score (nSPS) is 12.9. The van der Waals surface area contributed by atoms with Gasteiger partial charge in [-0.15, -0.1) is 0 Å². The van der Waals surface area contributed by atoms with Gasteiger partial charge in [-0.2, -0.15) is 0 Å². The van der Waals surface area contributed by atoms with Crippen molar-refractivity contribution in [3.8, 4) is 0 Å². The van der Waals surface area contributed by atoms with Gasteiger partial charge in [0.05, 0.1) is 11.0 Å². The molecule has 0 aliphatic heterocycles. The summed E-state index contributed by atoms with van der Waals surface area (Å²) in [7, 11) is 0. The van der Waals surface area contributed by atoms with E-state index < -0.39 is 16.9 Å². The van der Waals surface area contributed by atoms with Gasteiger partial charge in [-0.25, -0.2) is 4.79 Å². The van der Waals surface area contributed by atoms with Crippen LogP contribution >= 0.6 is 0 Å². The summed E-state index contributed by atoms with van der Waals surface area (Å²) in [6.07, 6.45) is 2.53. The van der Waals surface area contributed by atoms with Crippen LogP contribution in [0.1, 0.15) is 67.7 Å². The van der Waals surface area contributed by atoms with Crippen molar-refractivity contribution in [3.63, 3.8) is 0 Å². The second-order valence-electron chi connectivity index (χ2n) is 6.48. The van der Waals surface area contributed by atoms with Crippen LogP contribution in [0.3, 0.4) is 0 Å². The molecule has 0 radical (unpaired) electrons. The SMILES string of the molecule is CCC(CC)(CC)NC(=O)NC(C)(C)C(C)(C)C(=O)O. The smallest absolute Gasteiger partial charge is 0.315 e. The number of hydrogen-bond acceptors (Lipinski definition) is 2. The zero-order valence-corrected chi connectivity index (χ0v) is 13.9. The molecule has 0 unspecified atom stereocenters. The first-order chi connectivity index (χ1) is 8.98. The van der Waals surface area contributed by atoms with Crippen LogP contribution in [0.2, 0.25) is 0 Å². The highest BCUT2D eigenvalue weighted by Gasteiger charge is 2.45. The van der Waals surface area contributed by atoms with E-state index in [0.29, 0.717) is 0 Å². The van der Waals surface area contributed by atoms with Crippen LogP contribution in [0.15, 0.2) is 0 Å². The number of carboxylic acids is 1. The summed E-state index contributed by atoms with van der Waals surface area (Å²) in [5, 5.41) is 15.1. The second-order valence-corrected chi connectivity index (χ2v) is 6.48. The Morgan fingerprint density at radius 1 is 0.900 bits per heavy atom. The third-order valence-corrected chi connectivity index (χ3v) is 4.93. The average molecular weight is 286 g/mol. The van der Waals surface area contributed by atoms with Gasteiger partial charge in [-0.3, -0.25) is 4.79 Å². The Morgan fingerprint density at radius 2 is 1.30 bits per heavy atom. The second kappa shape index (κ2) is 6.46. The van der Waals surface area contributed by atoms with Crippen LogP contribution in [-0.2, 0) is 4.79 Å². The van der Waals surface area contributed by atoms with Crippen LogP contribution in [0, 0.1) is 5.41 Å². The van der Waals surface area contributed by atoms with E-state index in [1.807, 2.05) is 20.8 Å². The summed E-state index contributed by atoms with van der Waals surface area (Å²) in [5.41, 5.74) is -2.14. The molecule has 0 aliphatic rings. The maximum Gasteiger partial charge on any atom is 0.315 e. The molecule has 0 heterocycles. The Kier molecular flexibility index (Phi) is 6.05. The standard InChI is InChI=1S/C15H30N2O3/c1-8-15(9-2,10-3)17-12(20)16-14(6,7)13(4,5)11(18)19/h8-10H2,1-7H3,(H,18,19)(H2,16,17,20). The average Bonchev–Trinajstić information content (AvgIpc) is 2.35. The number of amides is 2. The first-order valence-electron chi connectivity index (χ1n) is 7.31. The first-order valence-corrected chi connectivity index (χ1v) is 7.31. The van der Waals surface area contributed by atoms with Gasteiger partial charge in [0.1, 0.15) is 0 Å². The van der Waals surface area contributed by atoms with E-state index in [-0.39, 0.29) is 11.6 Å². The Labute approximate surface area is 122 Å². The fraction of sp³-hybridized carbons (Fsp3) is 0.867. The van der Waals surface area contributed by atoms with E-state index in [2.05, 4.69) is 10.6 Å². The molecule has 5 nitrogen and oxygen atoms in total. The number of carbonyl (C=O) groups excluding carboxylic acids is 1. The molecule has 0 saturated heterocycles. The molecule has 0 rings (SSSR count). The zero-order valence-electron chi connectivity index (χ0n) is 13.9. The summed E-state index contributed by atoms with van der Waals surface area (Å²) >= 11 is 0. The molecule has 2 amide bonds. The molecule has 0 saturated carbocycles. The summed E-state index contributed by atoms with van der Waals surface area (Å²) < 4.78 is 0. The van der Waals surface area contributed by atoms with Gasteiger partial charge < -0.3 is 15.7 Å². The Balaban J connectivity index is 4.97. The fourth-order valence-corrected chi connectivity index (χ4v) is 1.99. The van der Waals surface area contributed by atoms with Crippen molar-refractivity contribution in [2.75, 3.05) is 0 Å². The lowest BCUT2D eigenvalue weighted by atomic mass is 9.74. The van der Waals surface area contributed by atoms with E-state index in [9.17, 15) is 14.7 Å². The predicted molar refractivity (Wildman–Crippen MR) is 80.8 cm³/mol. The molecule has 0 spiro atoms. The summed E-state index contributed by atoms with van der Waals surface area (Å²) in [6.45, 7) is 12.8. The fourth-order valence-electron chi connectivity index (χ4n) is 1.99. The van der Waals surface area contributed by atoms with Gasteiger partial charge in [0.25, 0.3) is 0 Å². The third kappa shape index (κ3) is 3.87. The third-order valence-electron chi connectivity index (χ3n) is 4.93. The van der Waals surface area contributed by atoms with Crippen LogP contribution in [0.25, 0.3) is 0 Å². The van der Waals surface area contributed by atoms with Crippen LogP contribution in [0.4, 0.5) is 4.79 Å². The van der Waals surface area contributed by atoms with Crippen molar-refractivity contribution >= 4 is 12.0 Å². The molecule has 0 aromatic rings. The maximum atomic E-state index is 12.2. The van der Waals surface area contributed by atoms with Gasteiger partial charge in [-0.1, -0.05) is 20.8 Å². The molecule has 3 N–H and O–H groups in total. The minimum Gasteiger partial charge on any atom is -0.481 e. The molecule has 0 fully saturated rings. The lowest BCUT2D eigenvalue weighted by Crippen LogP contribution is -2.61. The van der Waals surface area contributed by atoms with Crippen molar-refractivity contribution < 1.29 is 14.7 Å². The number of hydrogen-bond donors (Lipinski definition) is 3. The van der Waals surface area contributed by atoms with E-state index in [4.69, 9.17) is 0 Å². The number of carbonyl (C=O) groups is 2. The van der Waals surface area contributed by atoms with E-state index in [0.717, 1.165) is 19.3 Å². The number of nitrogens with one attached hydrogen (secondary N) is 2. The largest absolute Gasteiger partial charge is 0.481 e. The quantitative estimate of drug-likeness (QED) is 0.672. The topological polar surface area (TPSA) is 78.4 Å². The first kappa shape index (κ1) is 18.7. The van der Waals surface area contributed by atoms with Crippen LogP contribution in [0.5, 0.6) is 0 Å². The van der Waals surface area contributed by atoms with Crippen LogP contribution < -0.4 is 10.6 Å². The lowest BCUT2D eigenvalue weighted by Gasteiger charge is -2.40. The highest BCUT2D eigenvalue weighted by atomic mass is 16.4. The molecule has 0 aromatic carbocycles. The maximum absolute atomic E-state index is 12.2. The monoisotopic (exact) mass is 286 g/mol. The van der Waals surface area contributed by atoms with Gasteiger partial charge in [0.15, 0.2) is 0 Å². The van der Waals surface area contributed by atoms with Gasteiger partial charge >= 0.3 is 12.0 Å². The van der Waals surface area contributed by atoms with Crippen LogP contribution in [-0.4, -0.2) is 28.2 Å². The highest BCUT2D eigenvalue weighted by Crippen LogP contribution is 2.30. The molecule has 0 aromatic heterocycles. The molecule has 0 bridgehead atoms. The van der Waals surface area contributed by atoms with Gasteiger partial charge in [0, 0.05) is 5.54 Å². The molecular formula is C15H30N2O3. The van der Waals surface area contributed by atoms with Crippen molar-refractivity contribution in [1.29, 1.82) is 0 Å². The molecule has 118 valence electrons. The van der Waals surface area contributed by atoms with Gasteiger partial charge in [0.2, 0.25) is 0 Å². The Bertz CT molecular complexity index is 350. The van der Waals surface area contributed by atoms with E-state index in [1.54, 1.807) is 27.7 Å². The van der Waals surface area contributed by atoms with Crippen molar-refractivity contribution in [3.05, 3.63) is 0 Å². The Hall–Kier alpha value is -1.26. The summed E-state index contributed by atoms with van der Waals surface area (Å²) in [5.74, 6) is -0.935. The Morgan fingerprint density at radius 3 is 1.60 bits per heavy atom. The number of aliphatic carboxylic acids is 1. The van der Waals surface area contributed by atoms with Crippen molar-refractivity contribution in [1.82, 2.24) is 10.6 Å². The molecule has 0 aliphatic carbocycles. The minimum atomic E-state index is -1.06. The van der Waals surface area contributed by atoms with E-state index in [1.165, 1.54) is 0 Å². The minimum absolute atomic E-state index is 0.229. The molecular weight excluding hydrogens is 256 g/mol. The van der Waals surface area contributed by atoms with E-state index >= 15 is 0 Å². The number of urea groups is 1. The zero-order chi connectivity index (χ0) is 16.2. The highest BCUT2D eigenvalue weighted by molar-refractivity contribution is 5.80. The predicted octanol–water partition coefficient (Wildman–Crippen LogP) is 3.14. The molecule has 5 heteroatoms.